The number of hydrogen-bond acceptors (Lipinski definition) is 4. The summed E-state index contributed by atoms with van der Waals surface area (Å²) in [6, 6.07) is 12.7. The molecule has 2 rings (SSSR count). The van der Waals surface area contributed by atoms with Gasteiger partial charge < -0.3 is 10.1 Å². The van der Waals surface area contributed by atoms with E-state index < -0.39 is 16.9 Å². The number of carbonyl (C=O) groups excluding carboxylic acids is 1. The predicted octanol–water partition coefficient (Wildman–Crippen LogP) is 3.65. The minimum atomic E-state index is -0.780. The van der Waals surface area contributed by atoms with Crippen LogP contribution in [0.5, 0.6) is 5.75 Å². The number of hydrogen-bond donors (Lipinski definition) is 1. The molecule has 0 radical (unpaired) electrons. The van der Waals surface area contributed by atoms with Gasteiger partial charge in [-0.1, -0.05) is 29.8 Å². The van der Waals surface area contributed by atoms with Gasteiger partial charge >= 0.3 is 0 Å². The second-order valence-electron chi connectivity index (χ2n) is 4.48. The topological polar surface area (TPSA) is 81.5 Å². The number of benzene rings is 2. The molecule has 1 atom stereocenters. The lowest BCUT2D eigenvalue weighted by molar-refractivity contribution is -0.384. The molecule has 0 bridgehead atoms. The molecule has 2 aromatic rings. The zero-order valence-electron chi connectivity index (χ0n) is 11.7. The maximum Gasteiger partial charge on any atom is 0.271 e. The number of nitro benzene ring substituents is 1. The number of anilines is 1. The van der Waals surface area contributed by atoms with E-state index in [1.807, 2.05) is 6.07 Å². The second kappa shape index (κ2) is 6.91. The Balaban J connectivity index is 2.08. The van der Waals surface area contributed by atoms with Gasteiger partial charge in [-0.15, -0.1) is 0 Å². The van der Waals surface area contributed by atoms with Crippen molar-refractivity contribution in [1.29, 1.82) is 0 Å². The highest BCUT2D eigenvalue weighted by Gasteiger charge is 2.18. The zero-order chi connectivity index (χ0) is 16.1. The largest absolute Gasteiger partial charge is 0.481 e. The minimum Gasteiger partial charge on any atom is -0.481 e. The Labute approximate surface area is 131 Å². The first kappa shape index (κ1) is 15.8. The normalized spacial score (nSPS) is 11.5. The molecule has 0 unspecified atom stereocenters. The molecule has 6 nitrogen and oxygen atoms in total. The number of nitrogens with one attached hydrogen (secondary N) is 1. The van der Waals surface area contributed by atoms with Crippen LogP contribution in [0.15, 0.2) is 48.5 Å². The Bertz CT molecular complexity index is 691. The van der Waals surface area contributed by atoms with E-state index >= 15 is 0 Å². The summed E-state index contributed by atoms with van der Waals surface area (Å²) in [5.74, 6) is 0.0986. The Morgan fingerprint density at radius 3 is 2.59 bits per heavy atom. The van der Waals surface area contributed by atoms with E-state index in [1.54, 1.807) is 31.2 Å². The van der Waals surface area contributed by atoms with Crippen LogP contribution in [0.3, 0.4) is 0 Å². The van der Waals surface area contributed by atoms with Gasteiger partial charge in [-0.25, -0.2) is 0 Å². The molecule has 0 saturated carbocycles. The highest BCUT2D eigenvalue weighted by Crippen LogP contribution is 2.27. The van der Waals surface area contributed by atoms with Crippen LogP contribution in [-0.4, -0.2) is 16.9 Å². The summed E-state index contributed by atoms with van der Waals surface area (Å²) >= 11 is 5.93. The van der Waals surface area contributed by atoms with Crippen molar-refractivity contribution in [1.82, 2.24) is 0 Å². The average Bonchev–Trinajstić information content (AvgIpc) is 2.50. The van der Waals surface area contributed by atoms with E-state index in [-0.39, 0.29) is 16.4 Å². The highest BCUT2D eigenvalue weighted by atomic mass is 35.5. The van der Waals surface area contributed by atoms with E-state index in [9.17, 15) is 14.9 Å². The molecule has 0 spiro atoms. The fourth-order valence-corrected chi connectivity index (χ4v) is 1.88. The Morgan fingerprint density at radius 1 is 1.27 bits per heavy atom. The lowest BCUT2D eigenvalue weighted by Crippen LogP contribution is -2.30. The van der Waals surface area contributed by atoms with Gasteiger partial charge in [0.15, 0.2) is 6.10 Å². The Morgan fingerprint density at radius 2 is 1.95 bits per heavy atom. The van der Waals surface area contributed by atoms with Gasteiger partial charge in [-0.3, -0.25) is 14.9 Å². The molecule has 0 aromatic heterocycles. The summed E-state index contributed by atoms with van der Waals surface area (Å²) in [5, 5.41) is 13.5. The number of rotatable bonds is 5. The lowest BCUT2D eigenvalue weighted by atomic mass is 10.2. The van der Waals surface area contributed by atoms with Gasteiger partial charge in [0.1, 0.15) is 5.75 Å². The molecule has 0 aliphatic carbocycles. The van der Waals surface area contributed by atoms with Crippen molar-refractivity contribution in [2.24, 2.45) is 0 Å². The first-order valence-electron chi connectivity index (χ1n) is 6.44. The predicted molar refractivity (Wildman–Crippen MR) is 83.3 cm³/mol. The van der Waals surface area contributed by atoms with Crippen LogP contribution in [0, 0.1) is 10.1 Å². The number of para-hydroxylation sites is 1. The summed E-state index contributed by atoms with van der Waals surface area (Å²) in [6.07, 6.45) is -0.780. The average molecular weight is 321 g/mol. The summed E-state index contributed by atoms with van der Waals surface area (Å²) in [5.41, 5.74) is 0.0145. The van der Waals surface area contributed by atoms with Crippen molar-refractivity contribution in [3.05, 3.63) is 63.7 Å². The second-order valence-corrected chi connectivity index (χ2v) is 4.89. The molecular weight excluding hydrogens is 308 g/mol. The van der Waals surface area contributed by atoms with E-state index in [1.165, 1.54) is 18.2 Å². The summed E-state index contributed by atoms with van der Waals surface area (Å²) in [7, 11) is 0. The smallest absolute Gasteiger partial charge is 0.271 e. The fraction of sp³-hybridized carbons (Fsp3) is 0.133. The van der Waals surface area contributed by atoms with Gasteiger partial charge in [0.25, 0.3) is 11.6 Å². The number of nitrogens with zero attached hydrogens (tertiary/aromatic N) is 1. The first-order valence-corrected chi connectivity index (χ1v) is 6.81. The molecule has 0 aliphatic heterocycles. The van der Waals surface area contributed by atoms with Gasteiger partial charge in [0.2, 0.25) is 0 Å². The van der Waals surface area contributed by atoms with Gasteiger partial charge in [0, 0.05) is 12.1 Å². The van der Waals surface area contributed by atoms with Crippen molar-refractivity contribution < 1.29 is 14.5 Å². The Kier molecular flexibility index (Phi) is 4.95. The standard InChI is InChI=1S/C15H13ClN2O4/c1-10(22-12-5-3-2-4-6-12)15(19)17-14-9-11(18(20)21)7-8-13(14)16/h2-10H,1H3,(H,17,19)/t10-/m0/s1. The molecule has 1 N–H and O–H groups in total. The number of halogens is 1. The third-order valence-electron chi connectivity index (χ3n) is 2.84. The van der Waals surface area contributed by atoms with Crippen LogP contribution in [0.2, 0.25) is 5.02 Å². The SMILES string of the molecule is C[C@H](Oc1ccccc1)C(=O)Nc1cc([N+](=O)[O-])ccc1Cl. The molecule has 0 aliphatic rings. The van der Waals surface area contributed by atoms with Crippen molar-refractivity contribution in [2.45, 2.75) is 13.0 Å². The number of non-ortho nitro benzene ring substituents is 1. The number of ether oxygens (including phenoxy) is 1. The molecule has 0 heterocycles. The molecule has 114 valence electrons. The van der Waals surface area contributed by atoms with Crippen LogP contribution in [0.4, 0.5) is 11.4 Å². The van der Waals surface area contributed by atoms with Crippen molar-refractivity contribution >= 4 is 28.9 Å². The molecule has 7 heteroatoms. The summed E-state index contributed by atoms with van der Waals surface area (Å²) in [6.45, 7) is 1.58. The van der Waals surface area contributed by atoms with E-state index in [0.29, 0.717) is 5.75 Å². The zero-order valence-corrected chi connectivity index (χ0v) is 12.4. The number of carbonyl (C=O) groups is 1. The maximum atomic E-state index is 12.1. The molecule has 0 saturated heterocycles. The quantitative estimate of drug-likeness (QED) is 0.673. The number of nitro groups is 1. The maximum absolute atomic E-state index is 12.1. The third-order valence-corrected chi connectivity index (χ3v) is 3.17. The first-order chi connectivity index (χ1) is 10.5. The van der Waals surface area contributed by atoms with E-state index in [0.717, 1.165) is 0 Å². The molecule has 2 aromatic carbocycles. The van der Waals surface area contributed by atoms with Crippen molar-refractivity contribution in [3.63, 3.8) is 0 Å². The van der Waals surface area contributed by atoms with Crippen LogP contribution in [0.1, 0.15) is 6.92 Å². The molecule has 0 fully saturated rings. The summed E-state index contributed by atoms with van der Waals surface area (Å²) < 4.78 is 5.48. The van der Waals surface area contributed by atoms with Gasteiger partial charge in [-0.05, 0) is 25.1 Å². The summed E-state index contributed by atoms with van der Waals surface area (Å²) in [4.78, 5) is 22.3. The molecular formula is C15H13ClN2O4. The van der Waals surface area contributed by atoms with Crippen molar-refractivity contribution in [2.75, 3.05) is 5.32 Å². The third kappa shape index (κ3) is 3.95. The van der Waals surface area contributed by atoms with Crippen LogP contribution < -0.4 is 10.1 Å². The monoisotopic (exact) mass is 320 g/mol. The highest BCUT2D eigenvalue weighted by molar-refractivity contribution is 6.33. The van der Waals surface area contributed by atoms with Crippen molar-refractivity contribution in [3.8, 4) is 5.75 Å². The van der Waals surface area contributed by atoms with Crippen LogP contribution in [0.25, 0.3) is 0 Å². The number of amides is 1. The lowest BCUT2D eigenvalue weighted by Gasteiger charge is -2.15. The van der Waals surface area contributed by atoms with Crippen LogP contribution >= 0.6 is 11.6 Å². The molecule has 22 heavy (non-hydrogen) atoms. The van der Waals surface area contributed by atoms with E-state index in [2.05, 4.69) is 5.32 Å². The van der Waals surface area contributed by atoms with E-state index in [4.69, 9.17) is 16.3 Å². The molecule has 1 amide bonds. The van der Waals surface area contributed by atoms with Gasteiger partial charge in [-0.2, -0.15) is 0 Å². The van der Waals surface area contributed by atoms with Crippen LogP contribution in [-0.2, 0) is 4.79 Å². The van der Waals surface area contributed by atoms with Gasteiger partial charge in [0.05, 0.1) is 15.6 Å². The fourth-order valence-electron chi connectivity index (χ4n) is 1.71. The minimum absolute atomic E-state index is 0.156. The Hall–Kier alpha value is -2.60.